The van der Waals surface area contributed by atoms with Gasteiger partial charge < -0.3 is 16.0 Å². The number of benzene rings is 2. The number of hydrogen-bond donors (Lipinski definition) is 2. The minimum atomic E-state index is -0.649. The number of likely N-dealkylation sites (tertiary alicyclic amines) is 1. The second-order valence-electron chi connectivity index (χ2n) is 8.50. The Labute approximate surface area is 213 Å². The summed E-state index contributed by atoms with van der Waals surface area (Å²) in [4.78, 5) is 35.8. The molecule has 182 valence electrons. The summed E-state index contributed by atoms with van der Waals surface area (Å²) in [7, 11) is 0. The summed E-state index contributed by atoms with van der Waals surface area (Å²) in [6.45, 7) is 4.32. The molecule has 1 aliphatic heterocycles. The van der Waals surface area contributed by atoms with Crippen molar-refractivity contribution < 1.29 is 9.59 Å². The molecule has 0 spiro atoms. The molecule has 9 heteroatoms. The molecule has 2 aromatic carbocycles. The Bertz CT molecular complexity index is 1450. The molecule has 2 aromatic heterocycles. The molecule has 0 radical (unpaired) electrons. The van der Waals surface area contributed by atoms with Crippen LogP contribution in [0.2, 0.25) is 0 Å². The highest BCUT2D eigenvalue weighted by atomic mass is 32.2. The molecule has 4 aromatic rings. The van der Waals surface area contributed by atoms with Crippen molar-refractivity contribution in [3.05, 3.63) is 91.0 Å². The van der Waals surface area contributed by atoms with Crippen LogP contribution in [0.15, 0.2) is 79.6 Å². The maximum atomic E-state index is 12.8. The second-order valence-corrected chi connectivity index (χ2v) is 9.58. The number of imidazole rings is 1. The van der Waals surface area contributed by atoms with Gasteiger partial charge in [0.2, 0.25) is 5.91 Å². The Kier molecular flexibility index (Phi) is 6.24. The molecule has 1 aliphatic rings. The van der Waals surface area contributed by atoms with Crippen molar-refractivity contribution in [3.8, 4) is 11.3 Å². The van der Waals surface area contributed by atoms with Crippen LogP contribution in [0, 0.1) is 0 Å². The van der Waals surface area contributed by atoms with Gasteiger partial charge >= 0.3 is 0 Å². The Morgan fingerprint density at radius 2 is 1.92 bits per heavy atom. The molecule has 0 aliphatic carbocycles. The van der Waals surface area contributed by atoms with E-state index in [9.17, 15) is 9.59 Å². The Balaban J connectivity index is 1.56. The van der Waals surface area contributed by atoms with E-state index >= 15 is 0 Å². The molecule has 0 saturated carbocycles. The van der Waals surface area contributed by atoms with Gasteiger partial charge in [-0.3, -0.25) is 14.0 Å². The molecule has 0 bridgehead atoms. The van der Waals surface area contributed by atoms with Gasteiger partial charge in [-0.05, 0) is 49.4 Å². The molecule has 3 heterocycles. The van der Waals surface area contributed by atoms with Crippen molar-refractivity contribution in [1.82, 2.24) is 19.3 Å². The van der Waals surface area contributed by atoms with E-state index in [0.717, 1.165) is 24.2 Å². The van der Waals surface area contributed by atoms with Crippen LogP contribution in [0.4, 0.5) is 11.5 Å². The molecule has 36 heavy (non-hydrogen) atoms. The van der Waals surface area contributed by atoms with E-state index in [2.05, 4.69) is 16.9 Å². The average Bonchev–Trinajstić information content (AvgIpc) is 3.53. The molecular weight excluding hydrogens is 472 g/mol. The smallest absolute Gasteiger partial charge is 0.255 e. The lowest BCUT2D eigenvalue weighted by Gasteiger charge is -2.35. The number of anilines is 2. The van der Waals surface area contributed by atoms with E-state index in [1.807, 2.05) is 64.2 Å². The minimum Gasteiger partial charge on any atom is -0.382 e. The number of nitrogens with zero attached hydrogens (tertiary/aromatic N) is 4. The van der Waals surface area contributed by atoms with E-state index < -0.39 is 4.87 Å². The molecule has 8 nitrogen and oxygen atoms in total. The fourth-order valence-electron chi connectivity index (χ4n) is 4.77. The topological polar surface area (TPSA) is 106 Å². The number of carbonyl (C=O) groups excluding carboxylic acids is 2. The Hall–Kier alpha value is -4.11. The van der Waals surface area contributed by atoms with Crippen LogP contribution in [0.25, 0.3) is 16.8 Å². The van der Waals surface area contributed by atoms with E-state index in [4.69, 9.17) is 10.7 Å². The zero-order valence-corrected chi connectivity index (χ0v) is 20.7. The first-order chi connectivity index (χ1) is 17.5. The number of fused-ring (bicyclic) bond motifs is 1. The number of nitrogens with two attached hydrogens (primary N) is 1. The van der Waals surface area contributed by atoms with Crippen molar-refractivity contribution in [1.29, 1.82) is 0 Å². The lowest BCUT2D eigenvalue weighted by Crippen LogP contribution is -2.43. The van der Waals surface area contributed by atoms with Gasteiger partial charge in [0.25, 0.3) is 5.91 Å². The van der Waals surface area contributed by atoms with Crippen molar-refractivity contribution in [2.45, 2.75) is 17.7 Å². The quantitative estimate of drug-likeness (QED) is 0.378. The monoisotopic (exact) mass is 498 g/mol. The Morgan fingerprint density at radius 3 is 2.61 bits per heavy atom. The Morgan fingerprint density at radius 1 is 1.17 bits per heavy atom. The van der Waals surface area contributed by atoms with Crippen molar-refractivity contribution in [3.63, 3.8) is 0 Å². The second kappa shape index (κ2) is 9.50. The van der Waals surface area contributed by atoms with Crippen LogP contribution < -0.4 is 11.1 Å². The maximum Gasteiger partial charge on any atom is 0.255 e. The van der Waals surface area contributed by atoms with Crippen LogP contribution >= 0.6 is 11.8 Å². The predicted molar refractivity (Wildman–Crippen MR) is 144 cm³/mol. The van der Waals surface area contributed by atoms with Crippen LogP contribution in [-0.2, 0) is 9.67 Å². The summed E-state index contributed by atoms with van der Waals surface area (Å²) in [5.41, 5.74) is 9.77. The predicted octanol–water partition coefficient (Wildman–Crippen LogP) is 4.56. The zero-order chi connectivity index (χ0) is 25.3. The van der Waals surface area contributed by atoms with Gasteiger partial charge in [0.05, 0.1) is 0 Å². The van der Waals surface area contributed by atoms with Crippen molar-refractivity contribution >= 4 is 40.6 Å². The van der Waals surface area contributed by atoms with Crippen LogP contribution in [-0.4, -0.2) is 43.9 Å². The number of thioether (sulfide) groups is 1. The number of aromatic nitrogens is 3. The summed E-state index contributed by atoms with van der Waals surface area (Å²) in [5.74, 6) is 0.772. The number of hydrogen-bond acceptors (Lipinski definition) is 6. The summed E-state index contributed by atoms with van der Waals surface area (Å²) >= 11 is 1.59. The molecule has 1 saturated heterocycles. The average molecular weight is 499 g/mol. The first kappa shape index (κ1) is 23.6. The fourth-order valence-corrected chi connectivity index (χ4v) is 5.85. The molecule has 1 atom stereocenters. The van der Waals surface area contributed by atoms with Crippen LogP contribution in [0.5, 0.6) is 0 Å². The van der Waals surface area contributed by atoms with E-state index in [1.165, 1.54) is 6.08 Å². The SMILES string of the molecule is C=CC(=O)N1CCCC1(SC)c1nc(-c2ccc(NC(=O)c3ccccc3)cc2)c2c(N)nccn12. The van der Waals surface area contributed by atoms with Gasteiger partial charge in [0, 0.05) is 35.8 Å². The third-order valence-corrected chi connectivity index (χ3v) is 7.78. The number of rotatable bonds is 6. The molecule has 3 N–H and O–H groups in total. The third kappa shape index (κ3) is 3.91. The van der Waals surface area contributed by atoms with Gasteiger partial charge in [-0.25, -0.2) is 9.97 Å². The molecule has 2 amide bonds. The normalized spacial score (nSPS) is 17.3. The van der Waals surface area contributed by atoms with Gasteiger partial charge in [-0.1, -0.05) is 36.9 Å². The van der Waals surface area contributed by atoms with Gasteiger partial charge in [0.1, 0.15) is 21.9 Å². The molecule has 5 rings (SSSR count). The molecule has 1 unspecified atom stereocenters. The van der Waals surface area contributed by atoms with Crippen LogP contribution in [0.3, 0.4) is 0 Å². The number of nitrogen functional groups attached to an aromatic ring is 1. The number of amides is 2. The van der Waals surface area contributed by atoms with Gasteiger partial charge in [0.15, 0.2) is 5.82 Å². The standard InChI is InChI=1S/C27H26N6O2S/c1-3-21(34)33-16-7-14-27(33,36-2)26-31-22(23-24(28)29-15-17-32(23)26)18-10-12-20(13-11-18)30-25(35)19-8-5-4-6-9-19/h3-6,8-13,15,17H,1,7,14,16H2,2H3,(H2,28,29)(H,30,35). The number of nitrogens with one attached hydrogen (secondary N) is 1. The van der Waals surface area contributed by atoms with Crippen molar-refractivity contribution in [2.75, 3.05) is 23.9 Å². The summed E-state index contributed by atoms with van der Waals surface area (Å²) in [6.07, 6.45) is 8.44. The van der Waals surface area contributed by atoms with Gasteiger partial charge in [-0.15, -0.1) is 11.8 Å². The van der Waals surface area contributed by atoms with E-state index in [-0.39, 0.29) is 11.8 Å². The summed E-state index contributed by atoms with van der Waals surface area (Å²) in [5, 5.41) is 2.92. The van der Waals surface area contributed by atoms with Crippen molar-refractivity contribution in [2.24, 2.45) is 0 Å². The highest BCUT2D eigenvalue weighted by Gasteiger charge is 2.47. The zero-order valence-electron chi connectivity index (χ0n) is 19.8. The summed E-state index contributed by atoms with van der Waals surface area (Å²) in [6, 6.07) is 16.5. The minimum absolute atomic E-state index is 0.124. The van der Waals surface area contributed by atoms with Gasteiger partial charge in [-0.2, -0.15) is 0 Å². The fraction of sp³-hybridized carbons (Fsp3) is 0.185. The highest BCUT2D eigenvalue weighted by molar-refractivity contribution is 7.99. The first-order valence-electron chi connectivity index (χ1n) is 11.6. The first-order valence-corrected chi connectivity index (χ1v) is 12.8. The lowest BCUT2D eigenvalue weighted by molar-refractivity contribution is -0.127. The lowest BCUT2D eigenvalue weighted by atomic mass is 10.1. The summed E-state index contributed by atoms with van der Waals surface area (Å²) < 4.78 is 1.94. The molecule has 1 fully saturated rings. The number of carbonyl (C=O) groups is 2. The van der Waals surface area contributed by atoms with E-state index in [0.29, 0.717) is 34.8 Å². The maximum absolute atomic E-state index is 12.8. The third-order valence-electron chi connectivity index (χ3n) is 6.50. The molecular formula is C27H26N6O2S. The van der Waals surface area contributed by atoms with E-state index in [1.54, 1.807) is 30.1 Å². The largest absolute Gasteiger partial charge is 0.382 e. The van der Waals surface area contributed by atoms with Crippen LogP contribution in [0.1, 0.15) is 29.0 Å². The highest BCUT2D eigenvalue weighted by Crippen LogP contribution is 2.48.